The third kappa shape index (κ3) is 4.34. The summed E-state index contributed by atoms with van der Waals surface area (Å²) in [6.45, 7) is 2.90. The number of ketones is 1. The fraction of sp³-hybridized carbons (Fsp3) is 0.156. The second-order valence-corrected chi connectivity index (χ2v) is 9.87. The van der Waals surface area contributed by atoms with Crippen molar-refractivity contribution in [3.63, 3.8) is 0 Å². The van der Waals surface area contributed by atoms with Crippen molar-refractivity contribution in [2.24, 2.45) is 0 Å². The van der Waals surface area contributed by atoms with Gasteiger partial charge in [0.25, 0.3) is 11.8 Å². The maximum Gasteiger partial charge on any atom is 0.258 e. The monoisotopic (exact) mass is 501 g/mol. The second kappa shape index (κ2) is 9.63. The van der Waals surface area contributed by atoms with Gasteiger partial charge in [-0.2, -0.15) is 0 Å². The van der Waals surface area contributed by atoms with Crippen molar-refractivity contribution in [1.82, 2.24) is 0 Å². The molecule has 1 atom stereocenters. The molecule has 1 saturated heterocycles. The summed E-state index contributed by atoms with van der Waals surface area (Å²) < 4.78 is 0. The molecule has 0 aliphatic carbocycles. The number of anilines is 3. The number of Topliss-reactive ketones (excluding diaryl/α,β-unsaturated/α-hetero) is 1. The maximum absolute atomic E-state index is 13.5. The van der Waals surface area contributed by atoms with Gasteiger partial charge in [0.05, 0.1) is 24.0 Å². The van der Waals surface area contributed by atoms with E-state index >= 15 is 0 Å². The number of nitrogens with zero attached hydrogens (tertiary/aromatic N) is 2. The highest BCUT2D eigenvalue weighted by Gasteiger charge is 2.39. The van der Waals surface area contributed by atoms with Crippen molar-refractivity contribution in [3.05, 3.63) is 114 Å². The van der Waals surface area contributed by atoms with E-state index in [0.717, 1.165) is 28.1 Å². The molecule has 6 nitrogen and oxygen atoms in total. The lowest BCUT2D eigenvalue weighted by molar-refractivity contribution is -0.116. The van der Waals surface area contributed by atoms with Crippen LogP contribution in [0.15, 0.2) is 97.1 Å². The van der Waals surface area contributed by atoms with Gasteiger partial charge in [-0.25, -0.2) is 0 Å². The normalized spacial score (nSPS) is 16.1. The van der Waals surface area contributed by atoms with Crippen LogP contribution in [0.25, 0.3) is 11.1 Å². The van der Waals surface area contributed by atoms with Crippen molar-refractivity contribution in [2.75, 3.05) is 28.2 Å². The Balaban J connectivity index is 1.21. The van der Waals surface area contributed by atoms with E-state index in [1.165, 1.54) is 0 Å². The highest BCUT2D eigenvalue weighted by molar-refractivity contribution is 6.11. The standard InChI is InChI=1S/C32H27N3O3/c1-21-10-12-22(13-11-21)27-6-2-3-7-28(27)31(37)33-24-16-14-23(15-17-24)32(38)35-19-25-18-26(36)20-34(25)29-8-4-5-9-30(29)35/h2-17,25H,18-20H2,1H3,(H,33,37)/t25-/m0/s1. The van der Waals surface area contributed by atoms with Gasteiger partial charge in [0.15, 0.2) is 5.78 Å². The molecule has 2 heterocycles. The first-order valence-corrected chi connectivity index (χ1v) is 12.7. The Labute approximate surface area is 221 Å². The maximum atomic E-state index is 13.5. The molecule has 0 saturated carbocycles. The van der Waals surface area contributed by atoms with Gasteiger partial charge in [-0.3, -0.25) is 14.4 Å². The van der Waals surface area contributed by atoms with Crippen LogP contribution in [0.1, 0.15) is 32.7 Å². The van der Waals surface area contributed by atoms with E-state index in [1.807, 2.05) is 79.7 Å². The molecule has 0 radical (unpaired) electrons. The van der Waals surface area contributed by atoms with E-state index in [1.54, 1.807) is 29.2 Å². The zero-order valence-electron chi connectivity index (χ0n) is 21.1. The molecule has 1 fully saturated rings. The number of hydrogen-bond acceptors (Lipinski definition) is 4. The summed E-state index contributed by atoms with van der Waals surface area (Å²) in [5, 5.41) is 2.97. The average molecular weight is 502 g/mol. The molecule has 2 amide bonds. The fourth-order valence-corrected chi connectivity index (χ4v) is 5.35. The van der Waals surface area contributed by atoms with E-state index in [2.05, 4.69) is 10.2 Å². The number of carbonyl (C=O) groups is 3. The molecular formula is C32H27N3O3. The van der Waals surface area contributed by atoms with Gasteiger partial charge in [-0.1, -0.05) is 60.2 Å². The number of fused-ring (bicyclic) bond motifs is 3. The minimum absolute atomic E-state index is 0.00601. The van der Waals surface area contributed by atoms with Crippen molar-refractivity contribution in [2.45, 2.75) is 19.4 Å². The number of rotatable bonds is 4. The topological polar surface area (TPSA) is 69.7 Å². The minimum Gasteiger partial charge on any atom is -0.357 e. The van der Waals surface area contributed by atoms with Gasteiger partial charge in [0, 0.05) is 29.8 Å². The van der Waals surface area contributed by atoms with Crippen LogP contribution in [-0.2, 0) is 4.79 Å². The van der Waals surface area contributed by atoms with Crippen LogP contribution in [0.2, 0.25) is 0 Å². The van der Waals surface area contributed by atoms with Gasteiger partial charge < -0.3 is 15.1 Å². The molecule has 188 valence electrons. The lowest BCUT2D eigenvalue weighted by Gasteiger charge is -2.39. The SMILES string of the molecule is Cc1ccc(-c2ccccc2C(=O)Nc2ccc(C(=O)N3C[C@@H]4CC(=O)CN4c4ccccc43)cc2)cc1. The first kappa shape index (κ1) is 23.7. The minimum atomic E-state index is -0.212. The van der Waals surface area contributed by atoms with Crippen LogP contribution in [0, 0.1) is 6.92 Å². The zero-order valence-corrected chi connectivity index (χ0v) is 21.1. The van der Waals surface area contributed by atoms with Crippen LogP contribution in [-0.4, -0.2) is 36.7 Å². The zero-order chi connectivity index (χ0) is 26.2. The van der Waals surface area contributed by atoms with Crippen molar-refractivity contribution >= 4 is 34.7 Å². The number of carbonyl (C=O) groups excluding carboxylic acids is 3. The Morgan fingerprint density at radius 1 is 0.816 bits per heavy atom. The number of benzene rings is 4. The Morgan fingerprint density at radius 2 is 1.50 bits per heavy atom. The number of hydrogen-bond donors (Lipinski definition) is 1. The van der Waals surface area contributed by atoms with E-state index in [9.17, 15) is 14.4 Å². The highest BCUT2D eigenvalue weighted by atomic mass is 16.2. The Bertz CT molecular complexity index is 1540. The Morgan fingerprint density at radius 3 is 2.26 bits per heavy atom. The van der Waals surface area contributed by atoms with Crippen LogP contribution >= 0.6 is 0 Å². The summed E-state index contributed by atoms with van der Waals surface area (Å²) in [4.78, 5) is 42.7. The van der Waals surface area contributed by atoms with E-state index in [4.69, 9.17) is 0 Å². The van der Waals surface area contributed by atoms with Crippen LogP contribution in [0.3, 0.4) is 0 Å². The molecule has 0 unspecified atom stereocenters. The Kier molecular flexibility index (Phi) is 6.00. The molecule has 6 heteroatoms. The molecule has 38 heavy (non-hydrogen) atoms. The number of aryl methyl sites for hydroxylation is 1. The van der Waals surface area contributed by atoms with Crippen molar-refractivity contribution in [3.8, 4) is 11.1 Å². The lowest BCUT2D eigenvalue weighted by Crippen LogP contribution is -2.48. The molecule has 0 spiro atoms. The largest absolute Gasteiger partial charge is 0.357 e. The summed E-state index contributed by atoms with van der Waals surface area (Å²) in [7, 11) is 0. The molecule has 6 rings (SSSR count). The fourth-order valence-electron chi connectivity index (χ4n) is 5.35. The quantitative estimate of drug-likeness (QED) is 0.388. The van der Waals surface area contributed by atoms with Crippen LogP contribution < -0.4 is 15.1 Å². The van der Waals surface area contributed by atoms with Gasteiger partial charge in [-0.15, -0.1) is 0 Å². The molecule has 0 aromatic heterocycles. The van der Waals surface area contributed by atoms with Gasteiger partial charge in [0.2, 0.25) is 0 Å². The van der Waals surface area contributed by atoms with E-state index in [0.29, 0.717) is 36.3 Å². The molecule has 1 N–H and O–H groups in total. The highest BCUT2D eigenvalue weighted by Crippen LogP contribution is 2.39. The molecule has 4 aromatic rings. The van der Waals surface area contributed by atoms with Crippen LogP contribution in [0.4, 0.5) is 17.1 Å². The smallest absolute Gasteiger partial charge is 0.258 e. The van der Waals surface area contributed by atoms with E-state index < -0.39 is 0 Å². The lowest BCUT2D eigenvalue weighted by atomic mass is 9.98. The van der Waals surface area contributed by atoms with Gasteiger partial charge >= 0.3 is 0 Å². The number of nitrogens with one attached hydrogen (secondary N) is 1. The van der Waals surface area contributed by atoms with Gasteiger partial charge in [0.1, 0.15) is 0 Å². The number of amides is 2. The molecule has 4 aromatic carbocycles. The number of para-hydroxylation sites is 2. The van der Waals surface area contributed by atoms with Gasteiger partial charge in [-0.05, 0) is 60.5 Å². The summed E-state index contributed by atoms with van der Waals surface area (Å²) in [5.74, 6) is -0.140. The summed E-state index contributed by atoms with van der Waals surface area (Å²) >= 11 is 0. The summed E-state index contributed by atoms with van der Waals surface area (Å²) in [6, 6.07) is 30.3. The van der Waals surface area contributed by atoms with Crippen molar-refractivity contribution < 1.29 is 14.4 Å². The summed E-state index contributed by atoms with van der Waals surface area (Å²) in [6.07, 6.45) is 0.452. The predicted molar refractivity (Wildman–Crippen MR) is 150 cm³/mol. The molecule has 0 bridgehead atoms. The molecule has 2 aliphatic rings. The first-order valence-electron chi connectivity index (χ1n) is 12.7. The molecule has 2 aliphatic heterocycles. The average Bonchev–Trinajstić information content (AvgIpc) is 3.33. The first-order chi connectivity index (χ1) is 18.5. The molecular weight excluding hydrogens is 474 g/mol. The van der Waals surface area contributed by atoms with Crippen LogP contribution in [0.5, 0.6) is 0 Å². The second-order valence-electron chi connectivity index (χ2n) is 9.87. The third-order valence-electron chi connectivity index (χ3n) is 7.30. The summed E-state index contributed by atoms with van der Waals surface area (Å²) in [5.41, 5.74) is 6.44. The predicted octanol–water partition coefficient (Wildman–Crippen LogP) is 5.72. The van der Waals surface area contributed by atoms with Crippen molar-refractivity contribution in [1.29, 1.82) is 0 Å². The Hall–Kier alpha value is -4.71. The third-order valence-corrected chi connectivity index (χ3v) is 7.30. The van der Waals surface area contributed by atoms with E-state index in [-0.39, 0.29) is 23.6 Å².